The molecule has 0 unspecified atom stereocenters. The van der Waals surface area contributed by atoms with Gasteiger partial charge in [0.05, 0.1) is 16.1 Å². The first kappa shape index (κ1) is 15.2. The standard InChI is InChI=1S/C14H10F2N2O4S/c1-7-4-11-12(22-14(19)17-11)6-13(7)23(20,21)18-10-3-2-8(15)5-9(10)16/h2-6,18H,1H3,(H,17,19). The van der Waals surface area contributed by atoms with Crippen LogP contribution in [0.4, 0.5) is 14.5 Å². The van der Waals surface area contributed by atoms with Crippen molar-refractivity contribution in [3.05, 3.63) is 58.1 Å². The SMILES string of the molecule is Cc1cc2[nH]c(=O)oc2cc1S(=O)(=O)Nc1ccc(F)cc1F. The van der Waals surface area contributed by atoms with Crippen molar-refractivity contribution in [2.75, 3.05) is 4.72 Å². The maximum Gasteiger partial charge on any atom is 0.417 e. The molecule has 23 heavy (non-hydrogen) atoms. The molecule has 1 aromatic heterocycles. The highest BCUT2D eigenvalue weighted by molar-refractivity contribution is 7.92. The summed E-state index contributed by atoms with van der Waals surface area (Å²) < 4.78 is 58.2. The monoisotopic (exact) mass is 340 g/mol. The lowest BCUT2D eigenvalue weighted by molar-refractivity contribution is 0.554. The van der Waals surface area contributed by atoms with Crippen molar-refractivity contribution < 1.29 is 21.6 Å². The average molecular weight is 340 g/mol. The lowest BCUT2D eigenvalue weighted by Gasteiger charge is -2.11. The van der Waals surface area contributed by atoms with Gasteiger partial charge >= 0.3 is 5.76 Å². The van der Waals surface area contributed by atoms with Crippen molar-refractivity contribution in [3.8, 4) is 0 Å². The van der Waals surface area contributed by atoms with Gasteiger partial charge in [0.15, 0.2) is 5.58 Å². The number of benzene rings is 2. The van der Waals surface area contributed by atoms with Crippen LogP contribution >= 0.6 is 0 Å². The van der Waals surface area contributed by atoms with Gasteiger partial charge in [-0.05, 0) is 30.7 Å². The Morgan fingerprint density at radius 3 is 2.61 bits per heavy atom. The molecule has 9 heteroatoms. The van der Waals surface area contributed by atoms with Crippen LogP contribution in [-0.4, -0.2) is 13.4 Å². The molecule has 0 radical (unpaired) electrons. The molecule has 0 aliphatic heterocycles. The van der Waals surface area contributed by atoms with Gasteiger partial charge in [0.25, 0.3) is 10.0 Å². The first-order valence-corrected chi connectivity index (χ1v) is 7.86. The minimum Gasteiger partial charge on any atom is -0.408 e. The van der Waals surface area contributed by atoms with Crippen molar-refractivity contribution in [1.29, 1.82) is 0 Å². The second kappa shape index (κ2) is 5.20. The summed E-state index contributed by atoms with van der Waals surface area (Å²) in [5.74, 6) is -2.58. The van der Waals surface area contributed by atoms with E-state index in [1.165, 1.54) is 13.0 Å². The summed E-state index contributed by atoms with van der Waals surface area (Å²) in [6, 6.07) is 5.07. The van der Waals surface area contributed by atoms with Crippen LogP contribution in [0.25, 0.3) is 11.1 Å². The fraction of sp³-hybridized carbons (Fsp3) is 0.0714. The van der Waals surface area contributed by atoms with Gasteiger partial charge < -0.3 is 4.42 Å². The number of halogens is 2. The number of anilines is 1. The van der Waals surface area contributed by atoms with E-state index in [4.69, 9.17) is 4.42 Å². The van der Waals surface area contributed by atoms with E-state index in [0.717, 1.165) is 18.2 Å². The van der Waals surface area contributed by atoms with Crippen LogP contribution < -0.4 is 10.5 Å². The zero-order chi connectivity index (χ0) is 16.8. The first-order chi connectivity index (χ1) is 10.8. The van der Waals surface area contributed by atoms with Gasteiger partial charge in [-0.15, -0.1) is 0 Å². The third-order valence-corrected chi connectivity index (χ3v) is 4.69. The molecule has 6 nitrogen and oxygen atoms in total. The summed E-state index contributed by atoms with van der Waals surface area (Å²) in [7, 11) is -4.15. The van der Waals surface area contributed by atoms with Crippen molar-refractivity contribution in [1.82, 2.24) is 4.98 Å². The van der Waals surface area contributed by atoms with Crippen molar-refractivity contribution in [2.45, 2.75) is 11.8 Å². The van der Waals surface area contributed by atoms with Crippen LogP contribution in [0, 0.1) is 18.6 Å². The topological polar surface area (TPSA) is 92.2 Å². The summed E-state index contributed by atoms with van der Waals surface area (Å²) in [6.07, 6.45) is 0. The molecular formula is C14H10F2N2O4S. The molecule has 0 fully saturated rings. The predicted molar refractivity (Wildman–Crippen MR) is 78.7 cm³/mol. The molecule has 0 spiro atoms. The number of sulfonamides is 1. The number of nitrogens with one attached hydrogen (secondary N) is 2. The molecule has 2 N–H and O–H groups in total. The largest absolute Gasteiger partial charge is 0.417 e. The Morgan fingerprint density at radius 1 is 1.17 bits per heavy atom. The van der Waals surface area contributed by atoms with E-state index in [-0.39, 0.29) is 16.2 Å². The summed E-state index contributed by atoms with van der Waals surface area (Å²) >= 11 is 0. The lowest BCUT2D eigenvalue weighted by Crippen LogP contribution is -2.15. The van der Waals surface area contributed by atoms with E-state index < -0.39 is 27.4 Å². The molecule has 0 atom stereocenters. The Balaban J connectivity index is 2.08. The Morgan fingerprint density at radius 2 is 1.91 bits per heavy atom. The van der Waals surface area contributed by atoms with E-state index in [2.05, 4.69) is 4.98 Å². The summed E-state index contributed by atoms with van der Waals surface area (Å²) in [4.78, 5) is 13.4. The molecule has 120 valence electrons. The van der Waals surface area contributed by atoms with Crippen LogP contribution in [-0.2, 0) is 10.0 Å². The van der Waals surface area contributed by atoms with E-state index in [1.807, 2.05) is 4.72 Å². The second-order valence-corrected chi connectivity index (χ2v) is 6.51. The number of hydrogen-bond donors (Lipinski definition) is 2. The molecule has 0 aliphatic carbocycles. The van der Waals surface area contributed by atoms with Gasteiger partial charge in [-0.3, -0.25) is 9.71 Å². The number of hydrogen-bond acceptors (Lipinski definition) is 4. The number of aryl methyl sites for hydroxylation is 1. The number of H-pyrrole nitrogens is 1. The zero-order valence-corrected chi connectivity index (χ0v) is 12.5. The Kier molecular flexibility index (Phi) is 3.44. The van der Waals surface area contributed by atoms with E-state index in [1.54, 1.807) is 0 Å². The van der Waals surface area contributed by atoms with E-state index in [9.17, 15) is 22.0 Å². The zero-order valence-electron chi connectivity index (χ0n) is 11.7. The van der Waals surface area contributed by atoms with Crippen molar-refractivity contribution >= 4 is 26.8 Å². The number of aromatic nitrogens is 1. The van der Waals surface area contributed by atoms with Crippen LogP contribution in [0.15, 0.2) is 44.4 Å². The summed E-state index contributed by atoms with van der Waals surface area (Å²) in [5.41, 5.74) is 0.339. The smallest absolute Gasteiger partial charge is 0.408 e. The van der Waals surface area contributed by atoms with Gasteiger partial charge in [-0.25, -0.2) is 22.0 Å². The number of aromatic amines is 1. The Bertz CT molecular complexity index is 1070. The highest BCUT2D eigenvalue weighted by atomic mass is 32.2. The number of oxazole rings is 1. The summed E-state index contributed by atoms with van der Waals surface area (Å²) in [5, 5.41) is 0. The minimum absolute atomic E-state index is 0.0561. The van der Waals surface area contributed by atoms with Gasteiger partial charge in [-0.2, -0.15) is 0 Å². The molecule has 0 saturated heterocycles. The second-order valence-electron chi connectivity index (χ2n) is 4.86. The van der Waals surface area contributed by atoms with Crippen molar-refractivity contribution in [2.24, 2.45) is 0 Å². The molecule has 0 aliphatic rings. The third-order valence-electron chi connectivity index (χ3n) is 3.18. The van der Waals surface area contributed by atoms with Gasteiger partial charge in [0, 0.05) is 12.1 Å². The molecule has 0 amide bonds. The third kappa shape index (κ3) is 2.82. The van der Waals surface area contributed by atoms with Crippen LogP contribution in [0.5, 0.6) is 0 Å². The highest BCUT2D eigenvalue weighted by Gasteiger charge is 2.21. The van der Waals surface area contributed by atoms with Gasteiger partial charge in [-0.1, -0.05) is 0 Å². The molecule has 3 rings (SSSR count). The fourth-order valence-electron chi connectivity index (χ4n) is 2.15. The molecule has 0 bridgehead atoms. The molecule has 3 aromatic rings. The van der Waals surface area contributed by atoms with Gasteiger partial charge in [0.2, 0.25) is 0 Å². The fourth-order valence-corrected chi connectivity index (χ4v) is 3.46. The molecule has 0 saturated carbocycles. The van der Waals surface area contributed by atoms with Crippen LogP contribution in [0.1, 0.15) is 5.56 Å². The molecule has 2 aromatic carbocycles. The predicted octanol–water partition coefficient (Wildman–Crippen LogP) is 2.51. The number of fused-ring (bicyclic) bond motifs is 1. The van der Waals surface area contributed by atoms with E-state index >= 15 is 0 Å². The Labute approximate surface area is 128 Å². The summed E-state index contributed by atoms with van der Waals surface area (Å²) in [6.45, 7) is 1.51. The van der Waals surface area contributed by atoms with Crippen LogP contribution in [0.2, 0.25) is 0 Å². The quantitative estimate of drug-likeness (QED) is 0.766. The minimum atomic E-state index is -4.15. The first-order valence-electron chi connectivity index (χ1n) is 6.37. The average Bonchev–Trinajstić information content (AvgIpc) is 2.80. The van der Waals surface area contributed by atoms with E-state index in [0.29, 0.717) is 17.1 Å². The maximum atomic E-state index is 13.6. The highest BCUT2D eigenvalue weighted by Crippen LogP contribution is 2.25. The lowest BCUT2D eigenvalue weighted by atomic mass is 10.2. The number of rotatable bonds is 3. The maximum absolute atomic E-state index is 13.6. The van der Waals surface area contributed by atoms with Crippen molar-refractivity contribution in [3.63, 3.8) is 0 Å². The normalized spacial score (nSPS) is 11.8. The Hall–Kier alpha value is -2.68. The van der Waals surface area contributed by atoms with Gasteiger partial charge in [0.1, 0.15) is 11.6 Å². The molecular weight excluding hydrogens is 330 g/mol. The van der Waals surface area contributed by atoms with Crippen LogP contribution in [0.3, 0.4) is 0 Å². The molecule has 1 heterocycles.